The van der Waals surface area contributed by atoms with E-state index in [1.54, 1.807) is 31.2 Å². The monoisotopic (exact) mass is 255 g/mol. The van der Waals surface area contributed by atoms with Crippen molar-refractivity contribution in [2.24, 2.45) is 10.9 Å². The molecule has 17 heavy (non-hydrogen) atoms. The Balaban J connectivity index is 2.53. The van der Waals surface area contributed by atoms with Gasteiger partial charge in [-0.05, 0) is 24.6 Å². The zero-order valence-electron chi connectivity index (χ0n) is 9.35. The van der Waals surface area contributed by atoms with E-state index in [0.717, 1.165) is 5.56 Å². The van der Waals surface area contributed by atoms with Crippen molar-refractivity contribution in [1.82, 2.24) is 5.32 Å². The van der Waals surface area contributed by atoms with Crippen molar-refractivity contribution in [3.8, 4) is 0 Å². The molecular formula is C11H14ClN3O2. The average Bonchev–Trinajstić information content (AvgIpc) is 2.30. The van der Waals surface area contributed by atoms with Crippen molar-refractivity contribution in [2.75, 3.05) is 0 Å². The molecule has 0 radical (unpaired) electrons. The molecule has 1 unspecified atom stereocenters. The Morgan fingerprint density at radius 3 is 2.65 bits per heavy atom. The molecule has 1 amide bonds. The number of oxime groups is 1. The van der Waals surface area contributed by atoms with E-state index in [4.69, 9.17) is 22.5 Å². The number of hydrogen-bond donors (Lipinski definition) is 3. The molecule has 0 aliphatic carbocycles. The third-order valence-corrected chi connectivity index (χ3v) is 2.47. The molecule has 0 aliphatic heterocycles. The minimum atomic E-state index is -0.500. The largest absolute Gasteiger partial charge is 0.409 e. The zero-order valence-corrected chi connectivity index (χ0v) is 10.1. The van der Waals surface area contributed by atoms with E-state index in [9.17, 15) is 4.79 Å². The SMILES string of the molecule is CC(NC(=O)Cc1ccc(Cl)cc1)/C(N)=N/O. The second-order valence-electron chi connectivity index (χ2n) is 3.62. The first-order valence-corrected chi connectivity index (χ1v) is 5.42. The number of nitrogens with zero attached hydrogens (tertiary/aromatic N) is 1. The van der Waals surface area contributed by atoms with Crippen molar-refractivity contribution in [3.63, 3.8) is 0 Å². The predicted octanol–water partition coefficient (Wildman–Crippen LogP) is 1.13. The van der Waals surface area contributed by atoms with E-state index >= 15 is 0 Å². The number of carbonyl (C=O) groups excluding carboxylic acids is 1. The molecule has 0 aliphatic rings. The second-order valence-corrected chi connectivity index (χ2v) is 4.05. The van der Waals surface area contributed by atoms with Crippen LogP contribution in [0.15, 0.2) is 29.4 Å². The Morgan fingerprint density at radius 2 is 2.12 bits per heavy atom. The summed E-state index contributed by atoms with van der Waals surface area (Å²) in [6.07, 6.45) is 0.222. The molecule has 4 N–H and O–H groups in total. The number of amides is 1. The fraction of sp³-hybridized carbons (Fsp3) is 0.273. The normalized spacial score (nSPS) is 13.2. The lowest BCUT2D eigenvalue weighted by Gasteiger charge is -2.12. The van der Waals surface area contributed by atoms with E-state index in [1.807, 2.05) is 0 Å². The van der Waals surface area contributed by atoms with Crippen LogP contribution in [0.25, 0.3) is 0 Å². The highest BCUT2D eigenvalue weighted by atomic mass is 35.5. The van der Waals surface area contributed by atoms with Crippen molar-refractivity contribution in [2.45, 2.75) is 19.4 Å². The maximum atomic E-state index is 11.6. The number of benzene rings is 1. The van der Waals surface area contributed by atoms with Gasteiger partial charge in [-0.2, -0.15) is 0 Å². The van der Waals surface area contributed by atoms with E-state index in [0.29, 0.717) is 5.02 Å². The van der Waals surface area contributed by atoms with Crippen molar-refractivity contribution >= 4 is 23.3 Å². The van der Waals surface area contributed by atoms with Crippen LogP contribution in [0, 0.1) is 0 Å². The highest BCUT2D eigenvalue weighted by Crippen LogP contribution is 2.09. The Morgan fingerprint density at radius 1 is 1.53 bits per heavy atom. The van der Waals surface area contributed by atoms with Gasteiger partial charge < -0.3 is 16.3 Å². The molecule has 0 spiro atoms. The fourth-order valence-electron chi connectivity index (χ4n) is 1.24. The summed E-state index contributed by atoms with van der Waals surface area (Å²) in [4.78, 5) is 11.6. The van der Waals surface area contributed by atoms with Crippen LogP contribution in [0.2, 0.25) is 5.02 Å². The molecule has 0 aromatic heterocycles. The van der Waals surface area contributed by atoms with Gasteiger partial charge in [0.25, 0.3) is 0 Å². The van der Waals surface area contributed by atoms with Gasteiger partial charge in [-0.1, -0.05) is 28.9 Å². The summed E-state index contributed by atoms with van der Waals surface area (Å²) in [5.74, 6) is -0.235. The van der Waals surface area contributed by atoms with Gasteiger partial charge >= 0.3 is 0 Å². The number of nitrogens with two attached hydrogens (primary N) is 1. The van der Waals surface area contributed by atoms with Crippen LogP contribution < -0.4 is 11.1 Å². The Labute approximate surface area is 104 Å². The summed E-state index contributed by atoms with van der Waals surface area (Å²) >= 11 is 5.73. The summed E-state index contributed by atoms with van der Waals surface area (Å²) in [6.45, 7) is 1.63. The van der Waals surface area contributed by atoms with Crippen LogP contribution >= 0.6 is 11.6 Å². The van der Waals surface area contributed by atoms with Gasteiger partial charge in [0.05, 0.1) is 12.5 Å². The minimum Gasteiger partial charge on any atom is -0.409 e. The van der Waals surface area contributed by atoms with E-state index < -0.39 is 6.04 Å². The topological polar surface area (TPSA) is 87.7 Å². The summed E-state index contributed by atoms with van der Waals surface area (Å²) in [6, 6.07) is 6.49. The van der Waals surface area contributed by atoms with Gasteiger partial charge in [-0.15, -0.1) is 0 Å². The lowest BCUT2D eigenvalue weighted by Crippen LogP contribution is -2.43. The third-order valence-electron chi connectivity index (χ3n) is 2.21. The molecule has 0 bridgehead atoms. The van der Waals surface area contributed by atoms with Crippen molar-refractivity contribution in [3.05, 3.63) is 34.9 Å². The molecule has 1 rings (SSSR count). The number of rotatable bonds is 4. The Kier molecular flexibility index (Phi) is 4.78. The van der Waals surface area contributed by atoms with Crippen LogP contribution in [0.3, 0.4) is 0 Å². The number of carbonyl (C=O) groups is 1. The van der Waals surface area contributed by atoms with Crippen LogP contribution in [0.4, 0.5) is 0 Å². The van der Waals surface area contributed by atoms with Crippen LogP contribution in [0.1, 0.15) is 12.5 Å². The summed E-state index contributed by atoms with van der Waals surface area (Å²) in [5.41, 5.74) is 6.19. The smallest absolute Gasteiger partial charge is 0.224 e. The van der Waals surface area contributed by atoms with Gasteiger partial charge in [0.1, 0.15) is 0 Å². The molecule has 6 heteroatoms. The summed E-state index contributed by atoms with van der Waals surface area (Å²) < 4.78 is 0. The lowest BCUT2D eigenvalue weighted by molar-refractivity contribution is -0.120. The molecule has 92 valence electrons. The number of amidine groups is 1. The summed E-state index contributed by atoms with van der Waals surface area (Å²) in [7, 11) is 0. The molecule has 5 nitrogen and oxygen atoms in total. The molecular weight excluding hydrogens is 242 g/mol. The fourth-order valence-corrected chi connectivity index (χ4v) is 1.37. The van der Waals surface area contributed by atoms with Gasteiger partial charge in [-0.25, -0.2) is 0 Å². The molecule has 0 saturated carbocycles. The van der Waals surface area contributed by atoms with Gasteiger partial charge in [0, 0.05) is 5.02 Å². The Hall–Kier alpha value is -1.75. The molecule has 1 atom stereocenters. The number of hydrogen-bond acceptors (Lipinski definition) is 3. The van der Waals surface area contributed by atoms with Crippen LogP contribution in [-0.4, -0.2) is 23.0 Å². The lowest BCUT2D eigenvalue weighted by atomic mass is 10.1. The quantitative estimate of drug-likeness (QED) is 0.326. The minimum absolute atomic E-state index is 0.0329. The standard InChI is InChI=1S/C11H14ClN3O2/c1-7(11(13)15-17)14-10(16)6-8-2-4-9(12)5-3-8/h2-5,7,17H,6H2,1H3,(H2,13,15)(H,14,16). The molecule has 0 fully saturated rings. The van der Waals surface area contributed by atoms with Gasteiger partial charge in [-0.3, -0.25) is 4.79 Å². The maximum absolute atomic E-state index is 11.6. The highest BCUT2D eigenvalue weighted by molar-refractivity contribution is 6.30. The first-order valence-electron chi connectivity index (χ1n) is 5.04. The van der Waals surface area contributed by atoms with E-state index in [2.05, 4.69) is 10.5 Å². The van der Waals surface area contributed by atoms with Crippen molar-refractivity contribution < 1.29 is 10.0 Å². The third kappa shape index (κ3) is 4.32. The van der Waals surface area contributed by atoms with Crippen LogP contribution in [-0.2, 0) is 11.2 Å². The number of halogens is 1. The molecule has 1 aromatic carbocycles. The van der Waals surface area contributed by atoms with Crippen molar-refractivity contribution in [1.29, 1.82) is 0 Å². The van der Waals surface area contributed by atoms with Gasteiger partial charge in [0.2, 0.25) is 5.91 Å². The summed E-state index contributed by atoms with van der Waals surface area (Å²) in [5, 5.41) is 14.5. The first-order chi connectivity index (χ1) is 8.02. The second kappa shape index (κ2) is 6.10. The molecule has 0 saturated heterocycles. The van der Waals surface area contributed by atoms with Crippen LogP contribution in [0.5, 0.6) is 0 Å². The first kappa shape index (κ1) is 13.3. The molecule has 0 heterocycles. The molecule has 1 aromatic rings. The van der Waals surface area contributed by atoms with Gasteiger partial charge in [0.15, 0.2) is 5.84 Å². The van der Waals surface area contributed by atoms with E-state index in [-0.39, 0.29) is 18.2 Å². The zero-order chi connectivity index (χ0) is 12.8. The Bertz CT molecular complexity index is 417. The number of nitrogens with one attached hydrogen (secondary N) is 1. The maximum Gasteiger partial charge on any atom is 0.224 e. The highest BCUT2D eigenvalue weighted by Gasteiger charge is 2.11. The predicted molar refractivity (Wildman–Crippen MR) is 66.2 cm³/mol. The van der Waals surface area contributed by atoms with E-state index in [1.165, 1.54) is 0 Å². The average molecular weight is 256 g/mol.